The van der Waals surface area contributed by atoms with Crippen molar-refractivity contribution in [2.75, 3.05) is 6.61 Å². The fourth-order valence-corrected chi connectivity index (χ4v) is 4.17. The van der Waals surface area contributed by atoms with Gasteiger partial charge in [0.25, 0.3) is 6.02 Å². The molecule has 2 N–H and O–H groups in total. The molecule has 34 heavy (non-hydrogen) atoms. The zero-order chi connectivity index (χ0) is 24.3. The van der Waals surface area contributed by atoms with Crippen molar-refractivity contribution >= 4 is 16.1 Å². The van der Waals surface area contributed by atoms with Crippen molar-refractivity contribution in [1.82, 2.24) is 9.97 Å². The van der Waals surface area contributed by atoms with Crippen LogP contribution in [0.15, 0.2) is 54.0 Å². The normalized spacial score (nSPS) is 19.0. The van der Waals surface area contributed by atoms with Crippen molar-refractivity contribution in [2.24, 2.45) is 10.7 Å². The Labute approximate surface area is 189 Å². The molecule has 3 heterocycles. The zero-order valence-electron chi connectivity index (χ0n) is 16.7. The molecule has 3 aromatic rings. The summed E-state index contributed by atoms with van der Waals surface area (Å²) in [5, 5.41) is 0. The lowest BCUT2D eigenvalue weighted by Crippen LogP contribution is -2.32. The maximum Gasteiger partial charge on any atom is 0.534 e. The number of ether oxygens (including phenoxy) is 2. The minimum atomic E-state index is -6.14. The number of fused-ring (bicyclic) bond motifs is 4. The number of rotatable bonds is 3. The number of alkyl halides is 3. The molecule has 176 valence electrons. The molecule has 1 aromatic heterocycles. The maximum atomic E-state index is 14.6. The van der Waals surface area contributed by atoms with Gasteiger partial charge in [-0.3, -0.25) is 0 Å². The van der Waals surface area contributed by atoms with E-state index in [1.165, 1.54) is 6.33 Å². The summed E-state index contributed by atoms with van der Waals surface area (Å²) in [7, 11) is -6.14. The summed E-state index contributed by atoms with van der Waals surface area (Å²) < 4.78 is 91.1. The highest BCUT2D eigenvalue weighted by atomic mass is 32.2. The summed E-state index contributed by atoms with van der Waals surface area (Å²) in [6.45, 7) is -0.214. The van der Waals surface area contributed by atoms with E-state index in [0.717, 1.165) is 6.07 Å². The van der Waals surface area contributed by atoms with Gasteiger partial charge in [0.1, 0.15) is 24.4 Å². The van der Waals surface area contributed by atoms with E-state index in [0.29, 0.717) is 22.8 Å². The summed E-state index contributed by atoms with van der Waals surface area (Å²) in [5.41, 5.74) is 0.172. The maximum absolute atomic E-state index is 14.6. The molecule has 0 amide bonds. The predicted molar refractivity (Wildman–Crippen MR) is 108 cm³/mol. The number of benzene rings is 2. The topological polar surface area (TPSA) is 126 Å². The summed E-state index contributed by atoms with van der Waals surface area (Å²) >= 11 is 0. The molecule has 9 nitrogen and oxygen atoms in total. The highest BCUT2D eigenvalue weighted by Gasteiger charge is 2.51. The number of nitrogens with two attached hydrogens (primary N) is 1. The highest BCUT2D eigenvalue weighted by Crippen LogP contribution is 2.53. The van der Waals surface area contributed by atoms with E-state index >= 15 is 0 Å². The van der Waals surface area contributed by atoms with Gasteiger partial charge < -0.3 is 19.4 Å². The second-order valence-corrected chi connectivity index (χ2v) is 8.84. The Morgan fingerprint density at radius 2 is 1.74 bits per heavy atom. The number of nitrogens with zero attached hydrogens (tertiary/aromatic N) is 3. The molecule has 1 spiro atoms. The van der Waals surface area contributed by atoms with Crippen LogP contribution in [0.2, 0.25) is 0 Å². The van der Waals surface area contributed by atoms with Crippen LogP contribution in [-0.4, -0.2) is 36.5 Å². The van der Waals surface area contributed by atoms with Gasteiger partial charge in [-0.05, 0) is 23.8 Å². The van der Waals surface area contributed by atoms with Crippen LogP contribution in [0.3, 0.4) is 0 Å². The van der Waals surface area contributed by atoms with Gasteiger partial charge in [0, 0.05) is 35.2 Å². The van der Waals surface area contributed by atoms with E-state index in [2.05, 4.69) is 19.1 Å². The number of aliphatic imine (C=N–C) groups is 1. The van der Waals surface area contributed by atoms with Crippen molar-refractivity contribution < 1.29 is 39.6 Å². The summed E-state index contributed by atoms with van der Waals surface area (Å²) in [6.07, 6.45) is 4.47. The largest absolute Gasteiger partial charge is 0.534 e. The van der Waals surface area contributed by atoms with Crippen molar-refractivity contribution in [3.63, 3.8) is 0 Å². The molecule has 1 atom stereocenters. The predicted octanol–water partition coefficient (Wildman–Crippen LogP) is 3.21. The van der Waals surface area contributed by atoms with Crippen LogP contribution < -0.4 is 14.7 Å². The first-order valence-electron chi connectivity index (χ1n) is 9.41. The van der Waals surface area contributed by atoms with Gasteiger partial charge in [-0.2, -0.15) is 21.6 Å². The molecule has 0 radical (unpaired) electrons. The van der Waals surface area contributed by atoms with Crippen molar-refractivity contribution in [2.45, 2.75) is 11.0 Å². The van der Waals surface area contributed by atoms with Gasteiger partial charge in [0.05, 0.1) is 0 Å². The standard InChI is InChI=1S/C20H12F4N4O5S/c21-14-5-16-13(4-17(14)33-34(29,30)20(22,23)24)19(8-31-18(25)28-19)12-3-10(1-2-15(12)32-16)11-6-26-9-27-7-11/h1-7,9H,8H2,(H2,25,28)/t19-/m0/s1. The first-order chi connectivity index (χ1) is 16.0. The van der Waals surface area contributed by atoms with E-state index < -0.39 is 32.7 Å². The van der Waals surface area contributed by atoms with Crippen LogP contribution in [0.5, 0.6) is 17.2 Å². The van der Waals surface area contributed by atoms with Crippen LogP contribution in [0.4, 0.5) is 17.6 Å². The SMILES string of the molecule is NC1=N[C@@]2(CO1)c1cc(-c3cncnc3)ccc1Oc1cc(F)c(OS(=O)(=O)C(F)(F)F)cc12. The minimum Gasteiger partial charge on any atom is -0.462 e. The highest BCUT2D eigenvalue weighted by molar-refractivity contribution is 7.88. The molecule has 0 bridgehead atoms. The number of hydrogen-bond donors (Lipinski definition) is 1. The fraction of sp³-hybridized carbons (Fsp3) is 0.150. The van der Waals surface area contributed by atoms with Crippen LogP contribution in [-0.2, 0) is 20.4 Å². The summed E-state index contributed by atoms with van der Waals surface area (Å²) in [5.74, 6) is -2.44. The molecular weight excluding hydrogens is 484 g/mol. The van der Waals surface area contributed by atoms with Crippen molar-refractivity contribution in [1.29, 1.82) is 0 Å². The van der Waals surface area contributed by atoms with Crippen LogP contribution >= 0.6 is 0 Å². The minimum absolute atomic E-state index is 0.00399. The third kappa shape index (κ3) is 3.37. The smallest absolute Gasteiger partial charge is 0.462 e. The van der Waals surface area contributed by atoms with Crippen LogP contribution in [0, 0.1) is 5.82 Å². The number of aromatic nitrogens is 2. The average Bonchev–Trinajstić information content (AvgIpc) is 3.17. The summed E-state index contributed by atoms with van der Waals surface area (Å²) in [4.78, 5) is 12.3. The van der Waals surface area contributed by atoms with E-state index in [1.54, 1.807) is 30.6 Å². The molecule has 0 saturated carbocycles. The second kappa shape index (κ2) is 7.28. The van der Waals surface area contributed by atoms with E-state index in [9.17, 15) is 26.0 Å². The van der Waals surface area contributed by atoms with E-state index in [1.807, 2.05) is 0 Å². The molecule has 0 aliphatic carbocycles. The molecule has 2 aliphatic rings. The van der Waals surface area contributed by atoms with Gasteiger partial charge in [0.15, 0.2) is 17.1 Å². The molecule has 2 aliphatic heterocycles. The Kier molecular flexibility index (Phi) is 4.69. The molecular formula is C20H12F4N4O5S. The molecule has 14 heteroatoms. The Hall–Kier alpha value is -3.94. The van der Waals surface area contributed by atoms with Crippen LogP contribution in [0.1, 0.15) is 11.1 Å². The van der Waals surface area contributed by atoms with Crippen molar-refractivity contribution in [3.05, 3.63) is 66.0 Å². The van der Waals surface area contributed by atoms with Gasteiger partial charge in [0.2, 0.25) is 0 Å². The van der Waals surface area contributed by atoms with Gasteiger partial charge in [-0.1, -0.05) is 6.07 Å². The van der Waals surface area contributed by atoms with Gasteiger partial charge >= 0.3 is 15.6 Å². The summed E-state index contributed by atoms with van der Waals surface area (Å²) in [6, 6.07) is 6.21. The lowest BCUT2D eigenvalue weighted by Gasteiger charge is -2.34. The second-order valence-electron chi connectivity index (χ2n) is 7.30. The van der Waals surface area contributed by atoms with Gasteiger partial charge in [-0.15, -0.1) is 0 Å². The van der Waals surface area contributed by atoms with E-state index in [4.69, 9.17) is 15.2 Å². The van der Waals surface area contributed by atoms with Crippen molar-refractivity contribution in [3.8, 4) is 28.4 Å². The number of amidine groups is 1. The quantitative estimate of drug-likeness (QED) is 0.333. The Balaban J connectivity index is 1.69. The zero-order valence-corrected chi connectivity index (χ0v) is 17.5. The molecule has 5 rings (SSSR count). The lowest BCUT2D eigenvalue weighted by atomic mass is 9.80. The molecule has 2 aromatic carbocycles. The number of hydrogen-bond acceptors (Lipinski definition) is 9. The Bertz CT molecular complexity index is 1450. The molecule has 0 fully saturated rings. The molecule has 0 unspecified atom stereocenters. The Morgan fingerprint density at radius 1 is 1.03 bits per heavy atom. The molecule has 0 saturated heterocycles. The third-order valence-electron chi connectivity index (χ3n) is 5.23. The Morgan fingerprint density at radius 3 is 2.38 bits per heavy atom. The first-order valence-corrected chi connectivity index (χ1v) is 10.8. The first kappa shape index (κ1) is 21.9. The van der Waals surface area contributed by atoms with Crippen LogP contribution in [0.25, 0.3) is 11.1 Å². The van der Waals surface area contributed by atoms with E-state index in [-0.39, 0.29) is 29.7 Å². The third-order valence-corrected chi connectivity index (χ3v) is 6.20. The monoisotopic (exact) mass is 496 g/mol. The fourth-order valence-electron chi connectivity index (χ4n) is 3.71. The average molecular weight is 496 g/mol. The van der Waals surface area contributed by atoms with Gasteiger partial charge in [-0.25, -0.2) is 19.4 Å². The number of halogens is 4. The lowest BCUT2D eigenvalue weighted by molar-refractivity contribution is -0.0501.